The Kier molecular flexibility index (Phi) is 10.9. The summed E-state index contributed by atoms with van der Waals surface area (Å²) < 4.78 is 69.0. The highest BCUT2D eigenvalue weighted by Crippen LogP contribution is 2.34. The molecule has 4 heterocycles. The predicted molar refractivity (Wildman–Crippen MR) is 114 cm³/mol. The fourth-order valence-electron chi connectivity index (χ4n) is 4.57. The molecular weight excluding hydrogens is 500 g/mol. The molecule has 0 unspecified atom stereocenters. The van der Waals surface area contributed by atoms with Crippen molar-refractivity contribution in [3.8, 4) is 0 Å². The molecule has 2 N–H and O–H groups in total. The van der Waals surface area contributed by atoms with Crippen molar-refractivity contribution >= 4 is 11.9 Å². The first kappa shape index (κ1) is 29.8. The number of fused-ring (bicyclic) bond motifs is 1. The van der Waals surface area contributed by atoms with Crippen LogP contribution in [0.25, 0.3) is 0 Å². The van der Waals surface area contributed by atoms with Crippen molar-refractivity contribution < 1.29 is 50.9 Å². The van der Waals surface area contributed by atoms with Gasteiger partial charge in [-0.2, -0.15) is 26.3 Å². The van der Waals surface area contributed by atoms with E-state index in [1.807, 2.05) is 12.4 Å². The molecule has 3 fully saturated rings. The first-order valence-electron chi connectivity index (χ1n) is 11.3. The summed E-state index contributed by atoms with van der Waals surface area (Å²) in [5.74, 6) is -4.65. The summed E-state index contributed by atoms with van der Waals surface area (Å²) in [7, 11) is 0. The van der Waals surface area contributed by atoms with E-state index in [1.54, 1.807) is 0 Å². The van der Waals surface area contributed by atoms with Gasteiger partial charge in [0.05, 0.1) is 0 Å². The Bertz CT molecular complexity index is 810. The van der Waals surface area contributed by atoms with Gasteiger partial charge in [-0.3, -0.25) is 14.8 Å². The van der Waals surface area contributed by atoms with Crippen LogP contribution < -0.4 is 0 Å². The fraction of sp³-hybridized carbons (Fsp3) is 0.682. The van der Waals surface area contributed by atoms with Crippen LogP contribution in [0.4, 0.5) is 26.3 Å². The molecule has 0 amide bonds. The molecule has 3 saturated heterocycles. The molecule has 4 rings (SSSR count). The molecule has 0 aromatic carbocycles. The predicted octanol–water partition coefficient (Wildman–Crippen LogP) is 3.42. The minimum absolute atomic E-state index is 0.764. The highest BCUT2D eigenvalue weighted by atomic mass is 19.4. The van der Waals surface area contributed by atoms with Crippen molar-refractivity contribution in [3.05, 3.63) is 30.1 Å². The van der Waals surface area contributed by atoms with Crippen LogP contribution in [0, 0.1) is 5.92 Å². The minimum atomic E-state index is -5.08. The highest BCUT2D eigenvalue weighted by Gasteiger charge is 2.42. The lowest BCUT2D eigenvalue weighted by Gasteiger charge is -2.30. The Morgan fingerprint density at radius 3 is 1.89 bits per heavy atom. The zero-order valence-electron chi connectivity index (χ0n) is 19.3. The molecule has 204 valence electrons. The zero-order chi connectivity index (χ0) is 26.9. The SMILES string of the molecule is O=C(O)C(F)(F)F.O=C(O)C(F)(F)F.c1cncc(CN2CC[C@H]3[C@H]2CCN3CC2CCOCC2)c1. The number of likely N-dealkylation sites (tertiary alicyclic amines) is 2. The number of carbonyl (C=O) groups is 2. The molecule has 1 aromatic rings. The fourth-order valence-corrected chi connectivity index (χ4v) is 4.57. The third kappa shape index (κ3) is 9.54. The van der Waals surface area contributed by atoms with Gasteiger partial charge in [-0.25, -0.2) is 9.59 Å². The van der Waals surface area contributed by atoms with E-state index in [2.05, 4.69) is 26.9 Å². The Morgan fingerprint density at radius 1 is 0.917 bits per heavy atom. The average molecular weight is 529 g/mol. The zero-order valence-corrected chi connectivity index (χ0v) is 19.3. The molecule has 0 bridgehead atoms. The largest absolute Gasteiger partial charge is 0.490 e. The Morgan fingerprint density at radius 2 is 1.42 bits per heavy atom. The van der Waals surface area contributed by atoms with Crippen LogP contribution in [0.1, 0.15) is 31.2 Å². The Hall–Kier alpha value is -2.45. The Balaban J connectivity index is 0.000000271. The number of rotatable bonds is 4. The van der Waals surface area contributed by atoms with E-state index in [1.165, 1.54) is 50.9 Å². The van der Waals surface area contributed by atoms with Crippen LogP contribution in [-0.4, -0.2) is 94.2 Å². The molecule has 0 saturated carbocycles. The van der Waals surface area contributed by atoms with Gasteiger partial charge in [0.2, 0.25) is 0 Å². The van der Waals surface area contributed by atoms with E-state index >= 15 is 0 Å². The van der Waals surface area contributed by atoms with Crippen molar-refractivity contribution in [2.24, 2.45) is 5.92 Å². The third-order valence-electron chi connectivity index (χ3n) is 6.23. The monoisotopic (exact) mass is 529 g/mol. The van der Waals surface area contributed by atoms with Gasteiger partial charge < -0.3 is 14.9 Å². The van der Waals surface area contributed by atoms with Crippen molar-refractivity contribution in [1.82, 2.24) is 14.8 Å². The van der Waals surface area contributed by atoms with E-state index in [-0.39, 0.29) is 0 Å². The number of alkyl halides is 6. The van der Waals surface area contributed by atoms with Gasteiger partial charge in [0.15, 0.2) is 0 Å². The maximum Gasteiger partial charge on any atom is 0.490 e. The number of hydrogen-bond acceptors (Lipinski definition) is 6. The van der Waals surface area contributed by atoms with Gasteiger partial charge in [0.1, 0.15) is 0 Å². The van der Waals surface area contributed by atoms with Gasteiger partial charge in [0, 0.05) is 63.9 Å². The second-order valence-electron chi connectivity index (χ2n) is 8.70. The maximum absolute atomic E-state index is 10.6. The van der Waals surface area contributed by atoms with Gasteiger partial charge in [0.25, 0.3) is 0 Å². The molecule has 1 aromatic heterocycles. The summed E-state index contributed by atoms with van der Waals surface area (Å²) in [6.45, 7) is 6.84. The summed E-state index contributed by atoms with van der Waals surface area (Å²) in [4.78, 5) is 27.5. The second kappa shape index (κ2) is 13.2. The number of aliphatic carboxylic acids is 2. The highest BCUT2D eigenvalue weighted by molar-refractivity contribution is 5.73. The van der Waals surface area contributed by atoms with E-state index in [0.29, 0.717) is 0 Å². The van der Waals surface area contributed by atoms with Crippen LogP contribution >= 0.6 is 0 Å². The van der Waals surface area contributed by atoms with E-state index in [4.69, 9.17) is 24.5 Å². The molecule has 0 spiro atoms. The summed E-state index contributed by atoms with van der Waals surface area (Å²) in [5, 5.41) is 14.2. The topological polar surface area (TPSA) is 103 Å². The van der Waals surface area contributed by atoms with E-state index < -0.39 is 24.3 Å². The molecule has 8 nitrogen and oxygen atoms in total. The van der Waals surface area contributed by atoms with Gasteiger partial charge >= 0.3 is 24.3 Å². The molecule has 3 aliphatic heterocycles. The Labute approximate surface area is 203 Å². The normalized spacial score (nSPS) is 23.2. The summed E-state index contributed by atoms with van der Waals surface area (Å²) >= 11 is 0. The van der Waals surface area contributed by atoms with Crippen molar-refractivity contribution in [2.75, 3.05) is 32.8 Å². The number of halogens is 6. The van der Waals surface area contributed by atoms with E-state index in [9.17, 15) is 26.3 Å². The van der Waals surface area contributed by atoms with E-state index in [0.717, 1.165) is 37.8 Å². The van der Waals surface area contributed by atoms with Crippen LogP contribution in [0.2, 0.25) is 0 Å². The molecule has 2 atom stereocenters. The van der Waals surface area contributed by atoms with Crippen LogP contribution in [0.15, 0.2) is 24.5 Å². The average Bonchev–Trinajstić information content (AvgIpc) is 3.38. The number of carboxylic acids is 2. The number of hydrogen-bond donors (Lipinski definition) is 2. The summed E-state index contributed by atoms with van der Waals surface area (Å²) in [5.41, 5.74) is 1.35. The maximum atomic E-state index is 10.6. The van der Waals surface area contributed by atoms with Crippen LogP contribution in [0.3, 0.4) is 0 Å². The molecule has 14 heteroatoms. The lowest BCUT2D eigenvalue weighted by Crippen LogP contribution is -2.39. The van der Waals surface area contributed by atoms with Crippen molar-refractivity contribution in [1.29, 1.82) is 0 Å². The van der Waals surface area contributed by atoms with Crippen LogP contribution in [0.5, 0.6) is 0 Å². The minimum Gasteiger partial charge on any atom is -0.475 e. The summed E-state index contributed by atoms with van der Waals surface area (Å²) in [6, 6.07) is 5.81. The first-order valence-corrected chi connectivity index (χ1v) is 11.3. The van der Waals surface area contributed by atoms with Gasteiger partial charge in [-0.15, -0.1) is 0 Å². The number of nitrogens with zero attached hydrogens (tertiary/aromatic N) is 3. The molecular formula is C22H29F6N3O5. The second-order valence-corrected chi connectivity index (χ2v) is 8.70. The molecule has 3 aliphatic rings. The first-order chi connectivity index (χ1) is 16.8. The standard InChI is InChI=1S/C18H27N3O.2C2HF3O2/c1-2-16(12-19-7-1)14-21-9-4-17-18(21)3-8-20(17)13-15-5-10-22-11-6-15;2*3-2(4,5)1(6)7/h1-2,7,12,15,17-18H,3-6,8-11,13-14H2;2*(H,6,7)/t17-,18+;;/m0../s1. The quantitative estimate of drug-likeness (QED) is 0.573. The number of aromatic nitrogens is 1. The lowest BCUT2D eigenvalue weighted by atomic mass is 9.99. The number of pyridine rings is 1. The lowest BCUT2D eigenvalue weighted by molar-refractivity contribution is -0.193. The summed E-state index contributed by atoms with van der Waals surface area (Å²) in [6.07, 6.45) is -1.09. The van der Waals surface area contributed by atoms with Crippen molar-refractivity contribution in [2.45, 2.75) is 56.7 Å². The molecule has 0 radical (unpaired) electrons. The van der Waals surface area contributed by atoms with Crippen LogP contribution in [-0.2, 0) is 20.9 Å². The third-order valence-corrected chi connectivity index (χ3v) is 6.23. The van der Waals surface area contributed by atoms with Crippen molar-refractivity contribution in [3.63, 3.8) is 0 Å². The van der Waals surface area contributed by atoms with Gasteiger partial charge in [-0.1, -0.05) is 6.07 Å². The molecule has 36 heavy (non-hydrogen) atoms. The smallest absolute Gasteiger partial charge is 0.475 e. The van der Waals surface area contributed by atoms with Gasteiger partial charge in [-0.05, 0) is 43.2 Å². The molecule has 0 aliphatic carbocycles. The number of carboxylic acid groups (broad SMARTS) is 2. The number of ether oxygens (including phenoxy) is 1.